The van der Waals surface area contributed by atoms with E-state index >= 15 is 0 Å². The van der Waals surface area contributed by atoms with E-state index in [4.69, 9.17) is 5.73 Å². The number of piperidine rings is 1. The summed E-state index contributed by atoms with van der Waals surface area (Å²) in [5.74, 6) is 0.960. The summed E-state index contributed by atoms with van der Waals surface area (Å²) < 4.78 is 0. The summed E-state index contributed by atoms with van der Waals surface area (Å²) in [5, 5.41) is 0.779. The van der Waals surface area contributed by atoms with Crippen molar-refractivity contribution in [1.82, 2.24) is 9.88 Å². The van der Waals surface area contributed by atoms with Crippen molar-refractivity contribution in [2.24, 2.45) is 5.92 Å². The Kier molecular flexibility index (Phi) is 3.75. The number of carbonyl (C=O) groups excluding carboxylic acids is 1. The van der Waals surface area contributed by atoms with E-state index < -0.39 is 0 Å². The summed E-state index contributed by atoms with van der Waals surface area (Å²) >= 11 is 1.37. The lowest BCUT2D eigenvalue weighted by Crippen LogP contribution is -2.39. The van der Waals surface area contributed by atoms with Crippen LogP contribution >= 0.6 is 11.3 Å². The molecule has 6 heteroatoms. The quantitative estimate of drug-likeness (QED) is 0.886. The van der Waals surface area contributed by atoms with Gasteiger partial charge in [0.2, 0.25) is 0 Å². The van der Waals surface area contributed by atoms with E-state index in [0.29, 0.717) is 16.6 Å². The Labute approximate surface area is 112 Å². The summed E-state index contributed by atoms with van der Waals surface area (Å²) in [7, 11) is 3.80. The fraction of sp³-hybridized carbons (Fsp3) is 0.667. The molecule has 1 unspecified atom stereocenters. The highest BCUT2D eigenvalue weighted by atomic mass is 32.1. The summed E-state index contributed by atoms with van der Waals surface area (Å²) in [6.07, 6.45) is 2.27. The number of hydrogen-bond acceptors (Lipinski definition) is 5. The van der Waals surface area contributed by atoms with Crippen LogP contribution in [0, 0.1) is 5.92 Å². The normalized spacial score (nSPS) is 19.9. The van der Waals surface area contributed by atoms with Gasteiger partial charge in [0.05, 0.1) is 0 Å². The molecule has 0 aliphatic carbocycles. The summed E-state index contributed by atoms with van der Waals surface area (Å²) in [4.78, 5) is 21.0. The Morgan fingerprint density at radius 3 is 2.83 bits per heavy atom. The second-order valence-corrected chi connectivity index (χ2v) is 6.08. The number of nitrogens with two attached hydrogens (primary N) is 1. The number of nitrogen functional groups attached to an aromatic ring is 1. The summed E-state index contributed by atoms with van der Waals surface area (Å²) in [5.41, 5.74) is 5.85. The lowest BCUT2D eigenvalue weighted by molar-refractivity contribution is 0.0689. The second kappa shape index (κ2) is 5.14. The maximum absolute atomic E-state index is 12.4. The van der Waals surface area contributed by atoms with Crippen molar-refractivity contribution >= 4 is 28.2 Å². The van der Waals surface area contributed by atoms with Gasteiger partial charge in [-0.1, -0.05) is 18.3 Å². The minimum Gasteiger partial charge on any atom is -0.382 e. The van der Waals surface area contributed by atoms with Gasteiger partial charge in [-0.15, -0.1) is 0 Å². The molecule has 2 N–H and O–H groups in total. The zero-order valence-electron chi connectivity index (χ0n) is 11.1. The SMILES string of the molecule is CC1CCCN(C(=O)c2sc(N(C)C)nc2N)C1. The van der Waals surface area contributed by atoms with E-state index in [0.717, 1.165) is 24.6 Å². The fourth-order valence-corrected chi connectivity index (χ4v) is 3.06. The van der Waals surface area contributed by atoms with Crippen LogP contribution in [0.2, 0.25) is 0 Å². The molecule has 1 aliphatic heterocycles. The number of nitrogens with zero attached hydrogens (tertiary/aromatic N) is 3. The molecular formula is C12H20N4OS. The van der Waals surface area contributed by atoms with Gasteiger partial charge in [0.1, 0.15) is 10.7 Å². The monoisotopic (exact) mass is 268 g/mol. The standard InChI is InChI=1S/C12H20N4OS/c1-8-5-4-6-16(7-8)11(17)9-10(13)14-12(18-9)15(2)3/h8H,4-7,13H2,1-3H3. The lowest BCUT2D eigenvalue weighted by atomic mass is 10.0. The molecule has 18 heavy (non-hydrogen) atoms. The van der Waals surface area contributed by atoms with Gasteiger partial charge in [-0.3, -0.25) is 4.79 Å². The maximum atomic E-state index is 12.4. The molecule has 1 fully saturated rings. The number of anilines is 2. The smallest absolute Gasteiger partial charge is 0.267 e. The molecule has 2 rings (SSSR count). The molecule has 0 radical (unpaired) electrons. The third-order valence-corrected chi connectivity index (χ3v) is 4.39. The van der Waals surface area contributed by atoms with E-state index in [1.165, 1.54) is 17.8 Å². The van der Waals surface area contributed by atoms with E-state index in [9.17, 15) is 4.79 Å². The van der Waals surface area contributed by atoms with Crippen molar-refractivity contribution in [3.05, 3.63) is 4.88 Å². The van der Waals surface area contributed by atoms with Gasteiger partial charge >= 0.3 is 0 Å². The van der Waals surface area contributed by atoms with Crippen LogP contribution in [0.4, 0.5) is 10.9 Å². The first-order chi connectivity index (χ1) is 8.49. The van der Waals surface area contributed by atoms with Crippen LogP contribution in [0.15, 0.2) is 0 Å². The molecule has 0 aromatic carbocycles. The van der Waals surface area contributed by atoms with Gasteiger partial charge in [0.25, 0.3) is 5.91 Å². The molecule has 0 bridgehead atoms. The van der Waals surface area contributed by atoms with Crippen LogP contribution in [0.3, 0.4) is 0 Å². The average Bonchev–Trinajstić information content (AvgIpc) is 2.70. The molecule has 1 aromatic heterocycles. The first kappa shape index (κ1) is 13.1. The predicted octanol–water partition coefficient (Wildman–Crippen LogP) is 1.66. The van der Waals surface area contributed by atoms with Crippen LogP contribution in [-0.2, 0) is 0 Å². The first-order valence-corrected chi connectivity index (χ1v) is 7.03. The second-order valence-electron chi connectivity index (χ2n) is 5.10. The van der Waals surface area contributed by atoms with Crippen molar-refractivity contribution in [1.29, 1.82) is 0 Å². The molecular weight excluding hydrogens is 248 g/mol. The van der Waals surface area contributed by atoms with Crippen molar-refractivity contribution in [2.45, 2.75) is 19.8 Å². The zero-order chi connectivity index (χ0) is 13.3. The number of rotatable bonds is 2. The topological polar surface area (TPSA) is 62.5 Å². The Morgan fingerprint density at radius 2 is 2.28 bits per heavy atom. The summed E-state index contributed by atoms with van der Waals surface area (Å²) in [6.45, 7) is 3.84. The van der Waals surface area contributed by atoms with E-state index in [1.54, 1.807) is 0 Å². The Bertz CT molecular complexity index is 443. The van der Waals surface area contributed by atoms with Crippen LogP contribution in [0.5, 0.6) is 0 Å². The van der Waals surface area contributed by atoms with Crippen LogP contribution in [-0.4, -0.2) is 43.0 Å². The highest BCUT2D eigenvalue weighted by Crippen LogP contribution is 2.29. The fourth-order valence-electron chi connectivity index (χ4n) is 2.18. The molecule has 2 heterocycles. The van der Waals surface area contributed by atoms with Gasteiger partial charge < -0.3 is 15.5 Å². The average molecular weight is 268 g/mol. The molecule has 1 aliphatic rings. The highest BCUT2D eigenvalue weighted by Gasteiger charge is 2.26. The molecule has 5 nitrogen and oxygen atoms in total. The van der Waals surface area contributed by atoms with E-state index in [-0.39, 0.29) is 5.91 Å². The Balaban J connectivity index is 2.17. The molecule has 1 saturated heterocycles. The number of thiazole rings is 1. The minimum atomic E-state index is 0.0321. The Hall–Kier alpha value is -1.30. The molecule has 0 spiro atoms. The van der Waals surface area contributed by atoms with Crippen LogP contribution in [0.25, 0.3) is 0 Å². The van der Waals surface area contributed by atoms with Crippen molar-refractivity contribution < 1.29 is 4.79 Å². The number of aromatic nitrogens is 1. The van der Waals surface area contributed by atoms with Gasteiger partial charge in [-0.2, -0.15) is 0 Å². The predicted molar refractivity (Wildman–Crippen MR) is 75.2 cm³/mol. The number of carbonyl (C=O) groups is 1. The third kappa shape index (κ3) is 2.58. The van der Waals surface area contributed by atoms with Gasteiger partial charge in [-0.25, -0.2) is 4.98 Å². The summed E-state index contributed by atoms with van der Waals surface area (Å²) in [6, 6.07) is 0. The van der Waals surface area contributed by atoms with Gasteiger partial charge in [0, 0.05) is 27.2 Å². The number of hydrogen-bond donors (Lipinski definition) is 1. The van der Waals surface area contributed by atoms with Crippen LogP contribution in [0.1, 0.15) is 29.4 Å². The van der Waals surface area contributed by atoms with Crippen molar-refractivity contribution in [3.63, 3.8) is 0 Å². The lowest BCUT2D eigenvalue weighted by Gasteiger charge is -2.30. The molecule has 1 aromatic rings. The maximum Gasteiger partial charge on any atom is 0.267 e. The molecule has 100 valence electrons. The molecule has 1 amide bonds. The van der Waals surface area contributed by atoms with Gasteiger partial charge in [-0.05, 0) is 18.8 Å². The van der Waals surface area contributed by atoms with E-state index in [1.807, 2.05) is 23.9 Å². The molecule has 1 atom stereocenters. The van der Waals surface area contributed by atoms with Crippen molar-refractivity contribution in [2.75, 3.05) is 37.8 Å². The largest absolute Gasteiger partial charge is 0.382 e. The third-order valence-electron chi connectivity index (χ3n) is 3.16. The van der Waals surface area contributed by atoms with Gasteiger partial charge in [0.15, 0.2) is 5.13 Å². The molecule has 0 saturated carbocycles. The van der Waals surface area contributed by atoms with Crippen molar-refractivity contribution in [3.8, 4) is 0 Å². The Morgan fingerprint density at radius 1 is 1.56 bits per heavy atom. The van der Waals surface area contributed by atoms with E-state index in [2.05, 4.69) is 11.9 Å². The minimum absolute atomic E-state index is 0.0321. The zero-order valence-corrected chi connectivity index (χ0v) is 12.0. The number of amides is 1. The first-order valence-electron chi connectivity index (χ1n) is 6.22. The number of likely N-dealkylation sites (tertiary alicyclic amines) is 1. The van der Waals surface area contributed by atoms with Crippen LogP contribution < -0.4 is 10.6 Å². The highest BCUT2D eigenvalue weighted by molar-refractivity contribution is 7.18.